The predicted octanol–water partition coefficient (Wildman–Crippen LogP) is 2.68. The van der Waals surface area contributed by atoms with Crippen LogP contribution >= 0.6 is 0 Å². The number of aryl methyl sites for hydroxylation is 1. The van der Waals surface area contributed by atoms with Crippen LogP contribution in [0.15, 0.2) is 12.1 Å². The molecule has 0 spiro atoms. The van der Waals surface area contributed by atoms with Crippen molar-refractivity contribution in [2.75, 3.05) is 11.1 Å². The van der Waals surface area contributed by atoms with Gasteiger partial charge in [-0.1, -0.05) is 0 Å². The molecule has 0 aliphatic heterocycles. The maximum atomic E-state index is 13.2. The largest absolute Gasteiger partial charge is 0.397 e. The average molecular weight is 194 g/mol. The molecule has 0 atom stereocenters. The summed E-state index contributed by atoms with van der Waals surface area (Å²) in [5.74, 6) is -0.193. The number of nitrogens with one attached hydrogen (secondary N) is 1. The van der Waals surface area contributed by atoms with Crippen molar-refractivity contribution < 1.29 is 4.39 Å². The van der Waals surface area contributed by atoms with E-state index in [1.807, 2.05) is 0 Å². The fraction of sp³-hybridized carbons (Fsp3) is 0.455. The molecule has 0 amide bonds. The van der Waals surface area contributed by atoms with Crippen LogP contribution in [0, 0.1) is 12.7 Å². The van der Waals surface area contributed by atoms with E-state index in [1.165, 1.54) is 12.5 Å². The topological polar surface area (TPSA) is 38.0 Å². The Labute approximate surface area is 83.3 Å². The van der Waals surface area contributed by atoms with E-state index in [0.29, 0.717) is 17.3 Å². The fourth-order valence-electron chi connectivity index (χ4n) is 1.60. The van der Waals surface area contributed by atoms with Crippen LogP contribution in [0.2, 0.25) is 0 Å². The van der Waals surface area contributed by atoms with Gasteiger partial charge in [-0.15, -0.1) is 0 Å². The third kappa shape index (κ3) is 1.67. The zero-order chi connectivity index (χ0) is 10.1. The molecule has 0 saturated heterocycles. The molecule has 3 heteroatoms. The number of anilines is 2. The van der Waals surface area contributed by atoms with Crippen molar-refractivity contribution >= 4 is 11.4 Å². The Bertz CT molecular complexity index is 345. The molecule has 0 bridgehead atoms. The minimum absolute atomic E-state index is 0.193. The van der Waals surface area contributed by atoms with E-state index >= 15 is 0 Å². The lowest BCUT2D eigenvalue weighted by Crippen LogP contribution is -2.27. The molecule has 76 valence electrons. The lowest BCUT2D eigenvalue weighted by Gasteiger charge is -2.28. The van der Waals surface area contributed by atoms with Gasteiger partial charge in [0.25, 0.3) is 0 Å². The number of hydrogen-bond donors (Lipinski definition) is 2. The van der Waals surface area contributed by atoms with Gasteiger partial charge in [-0.2, -0.15) is 0 Å². The number of halogens is 1. The smallest absolute Gasteiger partial charge is 0.128 e. The Balaban J connectivity index is 2.19. The van der Waals surface area contributed by atoms with Crippen molar-refractivity contribution in [2.24, 2.45) is 0 Å². The quantitative estimate of drug-likeness (QED) is 0.710. The molecule has 1 aliphatic rings. The molecule has 3 N–H and O–H groups in total. The van der Waals surface area contributed by atoms with E-state index in [4.69, 9.17) is 5.73 Å². The first-order valence-electron chi connectivity index (χ1n) is 4.99. The third-order valence-corrected chi connectivity index (χ3v) is 2.80. The molecule has 14 heavy (non-hydrogen) atoms. The van der Waals surface area contributed by atoms with E-state index in [1.54, 1.807) is 13.0 Å². The number of benzene rings is 1. The van der Waals surface area contributed by atoms with Crippen LogP contribution in [0.3, 0.4) is 0 Å². The Morgan fingerprint density at radius 2 is 2.14 bits per heavy atom. The predicted molar refractivity (Wildman–Crippen MR) is 56.8 cm³/mol. The van der Waals surface area contributed by atoms with E-state index in [-0.39, 0.29) is 5.82 Å². The molecule has 1 fully saturated rings. The summed E-state index contributed by atoms with van der Waals surface area (Å²) >= 11 is 0. The first kappa shape index (κ1) is 9.31. The summed E-state index contributed by atoms with van der Waals surface area (Å²) in [6.45, 7) is 1.72. The molecule has 1 aromatic carbocycles. The van der Waals surface area contributed by atoms with Crippen LogP contribution in [0.25, 0.3) is 0 Å². The Hall–Kier alpha value is -1.25. The summed E-state index contributed by atoms with van der Waals surface area (Å²) in [5, 5.41) is 3.25. The summed E-state index contributed by atoms with van der Waals surface area (Å²) in [6.07, 6.45) is 3.58. The molecule has 0 aromatic heterocycles. The third-order valence-electron chi connectivity index (χ3n) is 2.80. The molecule has 1 saturated carbocycles. The zero-order valence-corrected chi connectivity index (χ0v) is 8.31. The summed E-state index contributed by atoms with van der Waals surface area (Å²) in [6, 6.07) is 3.65. The average Bonchev–Trinajstić information content (AvgIpc) is 2.06. The van der Waals surface area contributed by atoms with Gasteiger partial charge in [0.2, 0.25) is 0 Å². The molecule has 2 rings (SSSR count). The van der Waals surface area contributed by atoms with Gasteiger partial charge in [0.05, 0.1) is 11.4 Å². The number of nitrogens with two attached hydrogens (primary N) is 1. The van der Waals surface area contributed by atoms with Crippen LogP contribution < -0.4 is 11.1 Å². The highest BCUT2D eigenvalue weighted by Crippen LogP contribution is 2.28. The standard InChI is InChI=1S/C11H15FN2/c1-7-5-10(13)11(6-9(7)12)14-8-3-2-4-8/h5-6,8,14H,2-4,13H2,1H3. The lowest BCUT2D eigenvalue weighted by atomic mass is 9.93. The van der Waals surface area contributed by atoms with Crippen molar-refractivity contribution in [1.82, 2.24) is 0 Å². The second kappa shape index (κ2) is 3.48. The summed E-state index contributed by atoms with van der Waals surface area (Å²) in [4.78, 5) is 0. The molecule has 0 heterocycles. The monoisotopic (exact) mass is 194 g/mol. The van der Waals surface area contributed by atoms with Crippen LogP contribution in [0.4, 0.5) is 15.8 Å². The summed E-state index contributed by atoms with van der Waals surface area (Å²) < 4.78 is 13.2. The normalized spacial score (nSPS) is 16.4. The first-order chi connectivity index (χ1) is 6.66. The fourth-order valence-corrected chi connectivity index (χ4v) is 1.60. The van der Waals surface area contributed by atoms with E-state index in [0.717, 1.165) is 18.5 Å². The van der Waals surface area contributed by atoms with Crippen LogP contribution in [-0.4, -0.2) is 6.04 Å². The van der Waals surface area contributed by atoms with Crippen molar-refractivity contribution in [3.05, 3.63) is 23.5 Å². The number of hydrogen-bond acceptors (Lipinski definition) is 2. The van der Waals surface area contributed by atoms with Gasteiger partial charge in [-0.25, -0.2) is 4.39 Å². The maximum absolute atomic E-state index is 13.2. The van der Waals surface area contributed by atoms with Gasteiger partial charge in [0, 0.05) is 6.04 Å². The highest BCUT2D eigenvalue weighted by molar-refractivity contribution is 5.67. The van der Waals surface area contributed by atoms with Crippen molar-refractivity contribution in [2.45, 2.75) is 32.2 Å². The van der Waals surface area contributed by atoms with E-state index in [9.17, 15) is 4.39 Å². The van der Waals surface area contributed by atoms with Crippen molar-refractivity contribution in [1.29, 1.82) is 0 Å². The van der Waals surface area contributed by atoms with E-state index in [2.05, 4.69) is 5.32 Å². The Morgan fingerprint density at radius 1 is 1.43 bits per heavy atom. The van der Waals surface area contributed by atoms with Gasteiger partial charge in [0.1, 0.15) is 5.82 Å². The first-order valence-corrected chi connectivity index (χ1v) is 4.99. The highest BCUT2D eigenvalue weighted by atomic mass is 19.1. The van der Waals surface area contributed by atoms with Gasteiger partial charge in [-0.3, -0.25) is 0 Å². The minimum atomic E-state index is -0.193. The van der Waals surface area contributed by atoms with Gasteiger partial charge >= 0.3 is 0 Å². The molecule has 1 aromatic rings. The van der Waals surface area contributed by atoms with Gasteiger partial charge in [0.15, 0.2) is 0 Å². The number of rotatable bonds is 2. The Morgan fingerprint density at radius 3 is 2.71 bits per heavy atom. The van der Waals surface area contributed by atoms with Gasteiger partial charge in [-0.05, 0) is 43.9 Å². The lowest BCUT2D eigenvalue weighted by molar-refractivity contribution is 0.445. The maximum Gasteiger partial charge on any atom is 0.128 e. The molecule has 0 unspecified atom stereocenters. The number of nitrogen functional groups attached to an aromatic ring is 1. The second-order valence-electron chi connectivity index (χ2n) is 3.96. The molecular formula is C11H15FN2. The molecule has 0 radical (unpaired) electrons. The second-order valence-corrected chi connectivity index (χ2v) is 3.96. The van der Waals surface area contributed by atoms with Crippen LogP contribution in [0.5, 0.6) is 0 Å². The van der Waals surface area contributed by atoms with Crippen LogP contribution in [-0.2, 0) is 0 Å². The SMILES string of the molecule is Cc1cc(N)c(NC2CCC2)cc1F. The van der Waals surface area contributed by atoms with Crippen LogP contribution in [0.1, 0.15) is 24.8 Å². The summed E-state index contributed by atoms with van der Waals surface area (Å²) in [7, 11) is 0. The van der Waals surface area contributed by atoms with Crippen molar-refractivity contribution in [3.8, 4) is 0 Å². The van der Waals surface area contributed by atoms with Crippen molar-refractivity contribution in [3.63, 3.8) is 0 Å². The highest BCUT2D eigenvalue weighted by Gasteiger charge is 2.18. The summed E-state index contributed by atoms with van der Waals surface area (Å²) in [5.41, 5.74) is 7.76. The minimum Gasteiger partial charge on any atom is -0.397 e. The zero-order valence-electron chi connectivity index (χ0n) is 8.31. The Kier molecular flexibility index (Phi) is 2.32. The molecular weight excluding hydrogens is 179 g/mol. The van der Waals surface area contributed by atoms with E-state index < -0.39 is 0 Å². The molecule has 2 nitrogen and oxygen atoms in total. The van der Waals surface area contributed by atoms with Gasteiger partial charge < -0.3 is 11.1 Å². The molecule has 1 aliphatic carbocycles.